The summed E-state index contributed by atoms with van der Waals surface area (Å²) in [7, 11) is -4.17. The van der Waals surface area contributed by atoms with Crippen LogP contribution in [0.3, 0.4) is 0 Å². The molecule has 37 heavy (non-hydrogen) atoms. The van der Waals surface area contributed by atoms with Crippen molar-refractivity contribution >= 4 is 21.6 Å². The Kier molecular flexibility index (Phi) is 6.51. The maximum absolute atomic E-state index is 13.5. The first-order valence-corrected chi connectivity index (χ1v) is 12.2. The summed E-state index contributed by atoms with van der Waals surface area (Å²) < 4.78 is 66.8. The Morgan fingerprint density at radius 3 is 2.38 bits per heavy atom. The number of allylic oxidation sites excluding steroid dienone is 1. The summed E-state index contributed by atoms with van der Waals surface area (Å²) in [5.74, 6) is 0. The highest BCUT2D eigenvalue weighted by Crippen LogP contribution is 2.39. The predicted molar refractivity (Wildman–Crippen MR) is 128 cm³/mol. The zero-order valence-corrected chi connectivity index (χ0v) is 19.9. The molecule has 0 aliphatic carbocycles. The molecule has 7 nitrogen and oxygen atoms in total. The molecule has 0 radical (unpaired) electrons. The Morgan fingerprint density at radius 2 is 1.76 bits per heavy atom. The first-order chi connectivity index (χ1) is 17.5. The van der Waals surface area contributed by atoms with E-state index in [9.17, 15) is 31.6 Å². The van der Waals surface area contributed by atoms with Crippen LogP contribution in [0.4, 0.5) is 23.7 Å². The van der Waals surface area contributed by atoms with Crippen LogP contribution in [0.15, 0.2) is 94.0 Å². The quantitative estimate of drug-likeness (QED) is 0.436. The summed E-state index contributed by atoms with van der Waals surface area (Å²) >= 11 is 0. The van der Waals surface area contributed by atoms with Gasteiger partial charge >= 0.3 is 12.2 Å². The zero-order valence-electron chi connectivity index (χ0n) is 19.1. The maximum Gasteiger partial charge on any atom is 0.416 e. The lowest BCUT2D eigenvalue weighted by molar-refractivity contribution is -0.137. The van der Waals surface area contributed by atoms with Gasteiger partial charge in [0.2, 0.25) is 15.5 Å². The second kappa shape index (κ2) is 9.45. The monoisotopic (exact) mass is 522 g/mol. The van der Waals surface area contributed by atoms with Crippen molar-refractivity contribution in [3.63, 3.8) is 0 Å². The highest BCUT2D eigenvalue weighted by molar-refractivity contribution is 7.91. The number of hydrogen-bond acceptors (Lipinski definition) is 4. The fourth-order valence-electron chi connectivity index (χ4n) is 4.04. The molecule has 1 aliphatic rings. The van der Waals surface area contributed by atoms with E-state index in [2.05, 4.69) is 10.2 Å². The topological polar surface area (TPSA) is 94.6 Å². The fraction of sp³-hybridized carbons (Fsp3) is 0.115. The van der Waals surface area contributed by atoms with Crippen LogP contribution in [0.1, 0.15) is 29.7 Å². The van der Waals surface area contributed by atoms with Crippen molar-refractivity contribution in [1.29, 1.82) is 5.26 Å². The van der Waals surface area contributed by atoms with Crippen LogP contribution in [-0.4, -0.2) is 14.4 Å². The molecule has 1 heterocycles. The van der Waals surface area contributed by atoms with Crippen molar-refractivity contribution in [3.05, 3.63) is 112 Å². The van der Waals surface area contributed by atoms with E-state index in [0.717, 1.165) is 23.1 Å². The molecule has 0 fully saturated rings. The Morgan fingerprint density at radius 1 is 1.05 bits per heavy atom. The van der Waals surface area contributed by atoms with Gasteiger partial charge in [-0.1, -0.05) is 30.3 Å². The minimum Gasteiger partial charge on any atom is -0.335 e. The largest absolute Gasteiger partial charge is 0.416 e. The molecule has 0 bridgehead atoms. The standard InChI is InChI=1S/C26H17F3N4O3S/c1-16-23(31-2)24(32-25(34)33(16)19-8-6-7-18(14-19)26(27,28)29)21-12-11-17(15-30)13-22(21)37(35,36)20-9-4-3-5-10-20/h3-14,24H,1H3,(H,32,34). The van der Waals surface area contributed by atoms with Crippen LogP contribution >= 0.6 is 0 Å². The van der Waals surface area contributed by atoms with Gasteiger partial charge in [0, 0.05) is 11.4 Å². The van der Waals surface area contributed by atoms with E-state index in [4.69, 9.17) is 6.57 Å². The van der Waals surface area contributed by atoms with Crippen LogP contribution in [0.5, 0.6) is 0 Å². The van der Waals surface area contributed by atoms with Crippen LogP contribution in [-0.2, 0) is 16.0 Å². The summed E-state index contributed by atoms with van der Waals surface area (Å²) in [6.45, 7) is 9.14. The number of nitrogens with zero attached hydrogens (tertiary/aromatic N) is 3. The average Bonchev–Trinajstić information content (AvgIpc) is 2.88. The Hall–Kier alpha value is -4.61. The molecule has 11 heteroatoms. The van der Waals surface area contributed by atoms with Crippen LogP contribution in [0.25, 0.3) is 4.85 Å². The molecule has 0 spiro atoms. The van der Waals surface area contributed by atoms with Gasteiger partial charge in [-0.2, -0.15) is 18.4 Å². The molecule has 186 valence electrons. The number of alkyl halides is 3. The summed E-state index contributed by atoms with van der Waals surface area (Å²) in [6.07, 6.45) is -4.64. The summed E-state index contributed by atoms with van der Waals surface area (Å²) in [5, 5.41) is 11.9. The van der Waals surface area contributed by atoms with Gasteiger partial charge in [-0.25, -0.2) is 18.1 Å². The molecule has 3 aromatic carbocycles. The van der Waals surface area contributed by atoms with Crippen molar-refractivity contribution in [1.82, 2.24) is 5.32 Å². The third kappa shape index (κ3) is 4.65. The van der Waals surface area contributed by atoms with Crippen molar-refractivity contribution in [2.75, 3.05) is 4.90 Å². The normalized spacial score (nSPS) is 16.1. The minimum absolute atomic E-state index is 0.0375. The number of urea groups is 1. The van der Waals surface area contributed by atoms with Gasteiger partial charge in [-0.15, -0.1) is 0 Å². The average molecular weight is 523 g/mol. The number of halogens is 3. The molecular formula is C26H17F3N4O3S. The molecule has 2 amide bonds. The zero-order chi connectivity index (χ0) is 27.0. The third-order valence-electron chi connectivity index (χ3n) is 5.80. The van der Waals surface area contributed by atoms with Gasteiger partial charge < -0.3 is 5.32 Å². The van der Waals surface area contributed by atoms with Gasteiger partial charge in [-0.3, -0.25) is 4.90 Å². The number of carbonyl (C=O) groups is 1. The fourth-order valence-corrected chi connectivity index (χ4v) is 5.58. The number of amides is 2. The summed E-state index contributed by atoms with van der Waals surface area (Å²) in [4.78, 5) is 17.3. The lowest BCUT2D eigenvalue weighted by Crippen LogP contribution is -2.46. The molecule has 4 rings (SSSR count). The second-order valence-corrected chi connectivity index (χ2v) is 9.95. The van der Waals surface area contributed by atoms with E-state index in [1.54, 1.807) is 6.07 Å². The molecule has 0 saturated carbocycles. The van der Waals surface area contributed by atoms with E-state index in [-0.39, 0.29) is 38.0 Å². The molecular weight excluding hydrogens is 505 g/mol. The minimum atomic E-state index is -4.64. The highest BCUT2D eigenvalue weighted by Gasteiger charge is 2.38. The van der Waals surface area contributed by atoms with E-state index >= 15 is 0 Å². The number of sulfone groups is 1. The molecule has 0 aromatic heterocycles. The maximum atomic E-state index is 13.5. The highest BCUT2D eigenvalue weighted by atomic mass is 32.2. The van der Waals surface area contributed by atoms with Crippen LogP contribution in [0, 0.1) is 17.9 Å². The second-order valence-electron chi connectivity index (χ2n) is 8.03. The number of nitrogens with one attached hydrogen (secondary N) is 1. The van der Waals surface area contributed by atoms with E-state index in [1.165, 1.54) is 55.5 Å². The van der Waals surface area contributed by atoms with Crippen molar-refractivity contribution in [2.45, 2.75) is 28.9 Å². The number of carbonyl (C=O) groups excluding carboxylic acids is 1. The SMILES string of the molecule is [C-]#[N+]C1=C(C)N(c2cccc(C(F)(F)F)c2)C(=O)NC1c1ccc(C#N)cc1S(=O)(=O)c1ccccc1. The van der Waals surface area contributed by atoms with Crippen molar-refractivity contribution in [2.24, 2.45) is 0 Å². The molecule has 3 aromatic rings. The van der Waals surface area contributed by atoms with Gasteiger partial charge in [0.15, 0.2) is 0 Å². The van der Waals surface area contributed by atoms with Gasteiger partial charge in [0.25, 0.3) is 0 Å². The van der Waals surface area contributed by atoms with Crippen LogP contribution < -0.4 is 10.2 Å². The Labute approximate surface area is 210 Å². The lowest BCUT2D eigenvalue weighted by atomic mass is 9.99. The van der Waals surface area contributed by atoms with E-state index in [0.29, 0.717) is 0 Å². The van der Waals surface area contributed by atoms with Crippen molar-refractivity contribution < 1.29 is 26.4 Å². The number of nitriles is 1. The van der Waals surface area contributed by atoms with Crippen LogP contribution in [0.2, 0.25) is 0 Å². The number of rotatable bonds is 4. The molecule has 0 saturated heterocycles. The lowest BCUT2D eigenvalue weighted by Gasteiger charge is -2.34. The van der Waals surface area contributed by atoms with E-state index < -0.39 is 33.6 Å². The third-order valence-corrected chi connectivity index (χ3v) is 7.62. The predicted octanol–water partition coefficient (Wildman–Crippen LogP) is 5.83. The first kappa shape index (κ1) is 25.5. The molecule has 1 N–H and O–H groups in total. The molecule has 1 atom stereocenters. The van der Waals surface area contributed by atoms with Gasteiger partial charge in [-0.05, 0) is 55.0 Å². The Balaban J connectivity index is 1.89. The number of anilines is 1. The van der Waals surface area contributed by atoms with Gasteiger partial charge in [0.1, 0.15) is 0 Å². The number of hydrogen-bond donors (Lipinski definition) is 1. The first-order valence-electron chi connectivity index (χ1n) is 10.7. The molecule has 1 unspecified atom stereocenters. The summed E-state index contributed by atoms with van der Waals surface area (Å²) in [6, 6.07) is 15.2. The summed E-state index contributed by atoms with van der Waals surface area (Å²) in [5.41, 5.74) is -1.04. The Bertz CT molecular complexity index is 1620. The van der Waals surface area contributed by atoms with Crippen molar-refractivity contribution in [3.8, 4) is 6.07 Å². The van der Waals surface area contributed by atoms with Gasteiger partial charge in [0.05, 0.1) is 39.6 Å². The number of benzene rings is 3. The van der Waals surface area contributed by atoms with E-state index in [1.807, 2.05) is 6.07 Å². The molecule has 1 aliphatic heterocycles. The smallest absolute Gasteiger partial charge is 0.335 e.